The molecular formula is C9H8N4O2S. The van der Waals surface area contributed by atoms with Crippen LogP contribution in [-0.2, 0) is 0 Å². The van der Waals surface area contributed by atoms with Gasteiger partial charge in [0.15, 0.2) is 4.77 Å². The lowest BCUT2D eigenvalue weighted by molar-refractivity contribution is 0.0697. The molecule has 0 fully saturated rings. The first-order valence-electron chi connectivity index (χ1n) is 4.34. The molecule has 16 heavy (non-hydrogen) atoms. The van der Waals surface area contributed by atoms with Gasteiger partial charge in [-0.2, -0.15) is 5.10 Å². The van der Waals surface area contributed by atoms with E-state index >= 15 is 0 Å². The predicted octanol–water partition coefficient (Wildman–Crippen LogP) is 1.21. The van der Waals surface area contributed by atoms with Gasteiger partial charge in [-0.15, -0.1) is 0 Å². The molecule has 82 valence electrons. The Bertz CT molecular complexity index is 602. The van der Waals surface area contributed by atoms with Crippen LogP contribution in [0.25, 0.3) is 5.69 Å². The number of nitrogens with zero attached hydrogens (tertiary/aromatic N) is 2. The summed E-state index contributed by atoms with van der Waals surface area (Å²) >= 11 is 4.98. The molecule has 0 spiro atoms. The van der Waals surface area contributed by atoms with E-state index in [1.54, 1.807) is 6.07 Å². The molecule has 7 heteroatoms. The van der Waals surface area contributed by atoms with Crippen molar-refractivity contribution in [1.82, 2.24) is 14.8 Å². The van der Waals surface area contributed by atoms with Crippen LogP contribution >= 0.6 is 12.2 Å². The molecule has 1 aromatic carbocycles. The second-order valence-corrected chi connectivity index (χ2v) is 3.54. The second kappa shape index (κ2) is 3.78. The molecule has 2 aromatic rings. The molecule has 0 saturated carbocycles. The molecule has 0 atom stereocenters. The Morgan fingerprint density at radius 2 is 2.25 bits per heavy atom. The van der Waals surface area contributed by atoms with Crippen molar-refractivity contribution in [1.29, 1.82) is 0 Å². The number of carboxylic acids is 1. The minimum atomic E-state index is -1.04. The fourth-order valence-corrected chi connectivity index (χ4v) is 1.53. The monoisotopic (exact) mass is 236 g/mol. The average Bonchev–Trinajstić information content (AvgIpc) is 2.63. The number of aromatic amines is 1. The quantitative estimate of drug-likeness (QED) is 0.538. The van der Waals surface area contributed by atoms with Crippen molar-refractivity contribution in [3.05, 3.63) is 34.9 Å². The Hall–Kier alpha value is -2.15. The number of rotatable bonds is 2. The Balaban J connectivity index is 2.62. The van der Waals surface area contributed by atoms with Crippen LogP contribution in [0.3, 0.4) is 0 Å². The number of aromatic carboxylic acids is 1. The lowest BCUT2D eigenvalue weighted by Gasteiger charge is -2.04. The highest BCUT2D eigenvalue weighted by atomic mass is 32.1. The van der Waals surface area contributed by atoms with E-state index in [2.05, 4.69) is 10.2 Å². The zero-order chi connectivity index (χ0) is 11.7. The van der Waals surface area contributed by atoms with E-state index in [1.165, 1.54) is 23.0 Å². The topological polar surface area (TPSA) is 96.9 Å². The van der Waals surface area contributed by atoms with Gasteiger partial charge in [-0.3, -0.25) is 9.67 Å². The van der Waals surface area contributed by atoms with Crippen LogP contribution in [0.4, 0.5) is 5.69 Å². The molecule has 0 bridgehead atoms. The highest BCUT2D eigenvalue weighted by molar-refractivity contribution is 7.71. The highest BCUT2D eigenvalue weighted by Gasteiger charge is 2.07. The van der Waals surface area contributed by atoms with Gasteiger partial charge in [0.25, 0.3) is 0 Å². The zero-order valence-corrected chi connectivity index (χ0v) is 8.86. The maximum absolute atomic E-state index is 10.8. The molecule has 0 aliphatic carbocycles. The van der Waals surface area contributed by atoms with Crippen LogP contribution in [0.2, 0.25) is 0 Å². The van der Waals surface area contributed by atoms with Crippen molar-refractivity contribution in [3.8, 4) is 5.69 Å². The minimum Gasteiger partial charge on any atom is -0.478 e. The molecule has 6 nitrogen and oxygen atoms in total. The SMILES string of the molecule is Nc1cc(C(=O)O)cc(-n2cn[nH]c2=S)c1. The third-order valence-electron chi connectivity index (χ3n) is 2.02. The summed E-state index contributed by atoms with van der Waals surface area (Å²) in [7, 11) is 0. The van der Waals surface area contributed by atoms with Crippen LogP contribution in [0, 0.1) is 4.77 Å². The van der Waals surface area contributed by atoms with Crippen LogP contribution < -0.4 is 5.73 Å². The Kier molecular flexibility index (Phi) is 2.45. The van der Waals surface area contributed by atoms with Gasteiger partial charge in [0.1, 0.15) is 6.33 Å². The van der Waals surface area contributed by atoms with Gasteiger partial charge in [0, 0.05) is 5.69 Å². The molecule has 0 amide bonds. The summed E-state index contributed by atoms with van der Waals surface area (Å²) in [5.41, 5.74) is 6.65. The summed E-state index contributed by atoms with van der Waals surface area (Å²) in [6.45, 7) is 0. The van der Waals surface area contributed by atoms with Crippen LogP contribution in [-0.4, -0.2) is 25.8 Å². The molecule has 1 aromatic heterocycles. The van der Waals surface area contributed by atoms with Crippen molar-refractivity contribution in [2.24, 2.45) is 0 Å². The Morgan fingerprint density at radius 1 is 1.50 bits per heavy atom. The van der Waals surface area contributed by atoms with Crippen molar-refractivity contribution in [2.45, 2.75) is 0 Å². The van der Waals surface area contributed by atoms with Crippen molar-refractivity contribution < 1.29 is 9.90 Å². The number of nitrogen functional groups attached to an aromatic ring is 1. The number of nitrogens with one attached hydrogen (secondary N) is 1. The van der Waals surface area contributed by atoms with Crippen molar-refractivity contribution in [2.75, 3.05) is 5.73 Å². The van der Waals surface area contributed by atoms with Gasteiger partial charge in [0.2, 0.25) is 0 Å². The maximum atomic E-state index is 10.8. The summed E-state index contributed by atoms with van der Waals surface area (Å²) in [6, 6.07) is 4.48. The number of carbonyl (C=O) groups is 1. The van der Waals surface area contributed by atoms with Crippen molar-refractivity contribution >= 4 is 23.9 Å². The molecule has 2 rings (SSSR count). The first-order chi connectivity index (χ1) is 7.58. The zero-order valence-electron chi connectivity index (χ0n) is 8.04. The molecule has 4 N–H and O–H groups in total. The fourth-order valence-electron chi connectivity index (χ4n) is 1.33. The average molecular weight is 236 g/mol. The Morgan fingerprint density at radius 3 is 2.81 bits per heavy atom. The summed E-state index contributed by atoms with van der Waals surface area (Å²) in [4.78, 5) is 10.8. The molecule has 0 radical (unpaired) electrons. The van der Waals surface area contributed by atoms with Gasteiger partial charge in [-0.1, -0.05) is 0 Å². The Labute approximate surface area is 95.3 Å². The molecule has 0 aliphatic heterocycles. The van der Waals surface area contributed by atoms with E-state index in [0.717, 1.165) is 0 Å². The number of benzene rings is 1. The summed E-state index contributed by atoms with van der Waals surface area (Å²) in [5, 5.41) is 15.2. The third kappa shape index (κ3) is 1.80. The lowest BCUT2D eigenvalue weighted by atomic mass is 10.2. The van der Waals surface area contributed by atoms with Gasteiger partial charge in [-0.25, -0.2) is 4.79 Å². The summed E-state index contributed by atoms with van der Waals surface area (Å²) < 4.78 is 1.92. The van der Waals surface area contributed by atoms with E-state index < -0.39 is 5.97 Å². The standard InChI is InChI=1S/C9H8N4O2S/c10-6-1-5(8(14)15)2-7(3-6)13-4-11-12-9(13)16/h1-4H,10H2,(H,12,16)(H,14,15). The van der Waals surface area contributed by atoms with E-state index in [1.807, 2.05) is 0 Å². The second-order valence-electron chi connectivity index (χ2n) is 3.15. The van der Waals surface area contributed by atoms with E-state index in [9.17, 15) is 4.79 Å². The highest BCUT2D eigenvalue weighted by Crippen LogP contribution is 2.16. The first-order valence-corrected chi connectivity index (χ1v) is 4.75. The lowest BCUT2D eigenvalue weighted by Crippen LogP contribution is -2.02. The van der Waals surface area contributed by atoms with Crippen LogP contribution in [0.5, 0.6) is 0 Å². The van der Waals surface area contributed by atoms with Crippen molar-refractivity contribution in [3.63, 3.8) is 0 Å². The van der Waals surface area contributed by atoms with E-state index in [-0.39, 0.29) is 5.56 Å². The molecule has 0 unspecified atom stereocenters. The smallest absolute Gasteiger partial charge is 0.335 e. The van der Waals surface area contributed by atoms with E-state index in [4.69, 9.17) is 23.1 Å². The van der Waals surface area contributed by atoms with Gasteiger partial charge in [0.05, 0.1) is 11.3 Å². The van der Waals surface area contributed by atoms with Gasteiger partial charge < -0.3 is 10.8 Å². The number of aromatic nitrogens is 3. The summed E-state index contributed by atoms with van der Waals surface area (Å²) in [5.74, 6) is -1.04. The fraction of sp³-hybridized carbons (Fsp3) is 0. The summed E-state index contributed by atoms with van der Waals surface area (Å²) in [6.07, 6.45) is 1.46. The molecule has 0 saturated heterocycles. The predicted molar refractivity (Wildman–Crippen MR) is 60.1 cm³/mol. The maximum Gasteiger partial charge on any atom is 0.335 e. The van der Waals surface area contributed by atoms with E-state index in [0.29, 0.717) is 16.1 Å². The first kappa shape index (κ1) is 10.4. The van der Waals surface area contributed by atoms with Gasteiger partial charge >= 0.3 is 5.97 Å². The number of H-pyrrole nitrogens is 1. The molecule has 1 heterocycles. The number of hydrogen-bond acceptors (Lipinski definition) is 4. The molecular weight excluding hydrogens is 228 g/mol. The van der Waals surface area contributed by atoms with Crippen LogP contribution in [0.1, 0.15) is 10.4 Å². The number of nitrogens with two attached hydrogens (primary N) is 1. The van der Waals surface area contributed by atoms with Gasteiger partial charge in [-0.05, 0) is 30.4 Å². The number of anilines is 1. The normalized spacial score (nSPS) is 10.2. The number of hydrogen-bond donors (Lipinski definition) is 3. The minimum absolute atomic E-state index is 0.109. The third-order valence-corrected chi connectivity index (χ3v) is 2.31. The largest absolute Gasteiger partial charge is 0.478 e. The molecule has 0 aliphatic rings. The van der Waals surface area contributed by atoms with Crippen LogP contribution in [0.15, 0.2) is 24.5 Å². The number of carboxylic acid groups (broad SMARTS) is 1.